The van der Waals surface area contributed by atoms with Crippen molar-refractivity contribution in [2.45, 2.75) is 0 Å². The number of phenols is 1. The second-order valence-corrected chi connectivity index (χ2v) is 3.95. The normalized spacial score (nSPS) is 10.4. The number of amides is 1. The van der Waals surface area contributed by atoms with E-state index in [1.807, 2.05) is 5.48 Å². The van der Waals surface area contributed by atoms with Crippen LogP contribution in [0.5, 0.6) is 5.75 Å². The summed E-state index contributed by atoms with van der Waals surface area (Å²) < 4.78 is 0. The molecule has 0 aliphatic heterocycles. The van der Waals surface area contributed by atoms with E-state index >= 15 is 0 Å². The van der Waals surface area contributed by atoms with Crippen molar-refractivity contribution in [1.29, 1.82) is 0 Å². The van der Waals surface area contributed by atoms with E-state index in [-0.39, 0.29) is 11.7 Å². The van der Waals surface area contributed by atoms with Crippen LogP contribution in [0.1, 0.15) is 15.9 Å². The first kappa shape index (κ1) is 13.6. The lowest BCUT2D eigenvalue weighted by Crippen LogP contribution is -2.17. The van der Waals surface area contributed by atoms with E-state index in [9.17, 15) is 9.90 Å². The maximum atomic E-state index is 11.7. The van der Waals surface area contributed by atoms with Gasteiger partial charge in [0.05, 0.1) is 11.9 Å². The van der Waals surface area contributed by atoms with Gasteiger partial charge in [0.1, 0.15) is 5.75 Å². The minimum atomic E-state index is -0.388. The Bertz CT molecular complexity index is 624. The number of hydrogen-bond donors (Lipinski definition) is 4. The Hall–Kier alpha value is -2.86. The second kappa shape index (κ2) is 6.35. The molecule has 6 heteroatoms. The molecule has 0 aromatic heterocycles. The number of benzene rings is 2. The van der Waals surface area contributed by atoms with Gasteiger partial charge in [-0.15, -0.1) is 0 Å². The number of aromatic hydroxyl groups is 1. The Labute approximate surface area is 115 Å². The van der Waals surface area contributed by atoms with Crippen LogP contribution in [0.2, 0.25) is 0 Å². The molecule has 0 radical (unpaired) electrons. The van der Waals surface area contributed by atoms with Crippen molar-refractivity contribution in [2.75, 3.05) is 5.48 Å². The SMILES string of the molecule is O=C(N/N=C/c1ccccc1O)c1ccc(NO)cc1. The lowest BCUT2D eigenvalue weighted by atomic mass is 10.2. The first-order valence-corrected chi connectivity index (χ1v) is 5.82. The number of phenolic OH excluding ortho intramolecular Hbond substituents is 1. The van der Waals surface area contributed by atoms with Crippen LogP contribution in [-0.2, 0) is 0 Å². The van der Waals surface area contributed by atoms with Gasteiger partial charge in [0.2, 0.25) is 0 Å². The van der Waals surface area contributed by atoms with Gasteiger partial charge >= 0.3 is 0 Å². The van der Waals surface area contributed by atoms with E-state index in [0.717, 1.165) is 0 Å². The van der Waals surface area contributed by atoms with Gasteiger partial charge in [0.15, 0.2) is 0 Å². The fraction of sp³-hybridized carbons (Fsp3) is 0. The molecule has 0 aliphatic rings. The number of rotatable bonds is 4. The van der Waals surface area contributed by atoms with Crippen LogP contribution in [0.25, 0.3) is 0 Å². The van der Waals surface area contributed by atoms with Crippen LogP contribution in [-0.4, -0.2) is 22.4 Å². The predicted octanol–water partition coefficient (Wildman–Crippen LogP) is 1.96. The quantitative estimate of drug-likeness (QED) is 0.505. The summed E-state index contributed by atoms with van der Waals surface area (Å²) in [6.07, 6.45) is 1.36. The zero-order valence-corrected chi connectivity index (χ0v) is 10.4. The van der Waals surface area contributed by atoms with Gasteiger partial charge in [-0.25, -0.2) is 5.43 Å². The van der Waals surface area contributed by atoms with Gasteiger partial charge < -0.3 is 5.11 Å². The van der Waals surface area contributed by atoms with E-state index in [4.69, 9.17) is 5.21 Å². The highest BCUT2D eigenvalue weighted by molar-refractivity contribution is 5.95. The molecule has 0 bridgehead atoms. The Morgan fingerprint density at radius 1 is 1.10 bits per heavy atom. The Morgan fingerprint density at radius 2 is 1.80 bits per heavy atom. The van der Waals surface area contributed by atoms with Crippen molar-refractivity contribution in [1.82, 2.24) is 5.43 Å². The van der Waals surface area contributed by atoms with Gasteiger partial charge in [0.25, 0.3) is 5.91 Å². The number of hydrogen-bond acceptors (Lipinski definition) is 5. The molecule has 20 heavy (non-hydrogen) atoms. The lowest BCUT2D eigenvalue weighted by Gasteiger charge is -2.02. The summed E-state index contributed by atoms with van der Waals surface area (Å²) in [6, 6.07) is 12.9. The number of anilines is 1. The monoisotopic (exact) mass is 271 g/mol. The third kappa shape index (κ3) is 3.33. The molecule has 1 amide bonds. The maximum Gasteiger partial charge on any atom is 0.271 e. The van der Waals surface area contributed by atoms with E-state index in [1.54, 1.807) is 42.5 Å². The van der Waals surface area contributed by atoms with E-state index in [1.165, 1.54) is 12.3 Å². The summed E-state index contributed by atoms with van der Waals surface area (Å²) in [4.78, 5) is 11.7. The van der Waals surface area contributed by atoms with E-state index < -0.39 is 0 Å². The Balaban J connectivity index is 1.99. The van der Waals surface area contributed by atoms with Crippen LogP contribution in [0.4, 0.5) is 5.69 Å². The zero-order valence-electron chi connectivity index (χ0n) is 10.4. The fourth-order valence-electron chi connectivity index (χ4n) is 1.52. The molecule has 2 rings (SSSR count). The third-order valence-electron chi connectivity index (χ3n) is 2.58. The van der Waals surface area contributed by atoms with Crippen molar-refractivity contribution >= 4 is 17.8 Å². The molecule has 2 aromatic carbocycles. The van der Waals surface area contributed by atoms with Crippen LogP contribution < -0.4 is 10.9 Å². The summed E-state index contributed by atoms with van der Waals surface area (Å²) in [5, 5.41) is 22.0. The third-order valence-corrected chi connectivity index (χ3v) is 2.58. The van der Waals surface area contributed by atoms with Crippen LogP contribution >= 0.6 is 0 Å². The molecule has 6 nitrogen and oxygen atoms in total. The minimum Gasteiger partial charge on any atom is -0.507 e. The molecular formula is C14H13N3O3. The molecule has 2 aromatic rings. The van der Waals surface area contributed by atoms with Gasteiger partial charge in [-0.2, -0.15) is 5.10 Å². The molecule has 4 N–H and O–H groups in total. The predicted molar refractivity (Wildman–Crippen MR) is 75.0 cm³/mol. The van der Waals surface area contributed by atoms with Gasteiger partial charge in [-0.1, -0.05) is 12.1 Å². The number of para-hydroxylation sites is 1. The molecule has 0 heterocycles. The molecule has 102 valence electrons. The topological polar surface area (TPSA) is 94.0 Å². The lowest BCUT2D eigenvalue weighted by molar-refractivity contribution is 0.0955. The van der Waals surface area contributed by atoms with Gasteiger partial charge in [-0.3, -0.25) is 15.5 Å². The van der Waals surface area contributed by atoms with Crippen molar-refractivity contribution < 1.29 is 15.1 Å². The number of carbonyl (C=O) groups is 1. The zero-order chi connectivity index (χ0) is 14.4. The average molecular weight is 271 g/mol. The maximum absolute atomic E-state index is 11.7. The molecule has 0 saturated heterocycles. The van der Waals surface area contributed by atoms with Crippen molar-refractivity contribution in [3.8, 4) is 5.75 Å². The Morgan fingerprint density at radius 3 is 2.45 bits per heavy atom. The molecule has 0 saturated carbocycles. The summed E-state index contributed by atoms with van der Waals surface area (Å²) in [6.45, 7) is 0. The highest BCUT2D eigenvalue weighted by atomic mass is 16.5. The smallest absolute Gasteiger partial charge is 0.271 e. The highest BCUT2D eigenvalue weighted by Crippen LogP contribution is 2.12. The summed E-state index contributed by atoms with van der Waals surface area (Å²) >= 11 is 0. The standard InChI is InChI=1S/C14H13N3O3/c18-13-4-2-1-3-11(13)9-15-16-14(19)10-5-7-12(17-20)8-6-10/h1-9,17-18,20H,(H,16,19)/b15-9+. The first-order chi connectivity index (χ1) is 9.70. The van der Waals surface area contributed by atoms with Gasteiger partial charge in [-0.05, 0) is 36.4 Å². The molecule has 0 fully saturated rings. The van der Waals surface area contributed by atoms with Crippen LogP contribution in [0.3, 0.4) is 0 Å². The molecule has 0 atom stereocenters. The van der Waals surface area contributed by atoms with Crippen molar-refractivity contribution in [2.24, 2.45) is 5.10 Å². The number of nitrogens with zero attached hydrogens (tertiary/aromatic N) is 1. The first-order valence-electron chi connectivity index (χ1n) is 5.82. The van der Waals surface area contributed by atoms with E-state index in [2.05, 4.69) is 10.5 Å². The minimum absolute atomic E-state index is 0.0869. The van der Waals surface area contributed by atoms with Gasteiger partial charge in [0, 0.05) is 11.1 Å². The number of nitrogens with one attached hydrogen (secondary N) is 2. The largest absolute Gasteiger partial charge is 0.507 e. The molecule has 0 aliphatic carbocycles. The average Bonchev–Trinajstić information content (AvgIpc) is 2.49. The van der Waals surface area contributed by atoms with E-state index in [0.29, 0.717) is 16.8 Å². The number of carbonyl (C=O) groups excluding carboxylic acids is 1. The number of hydrazone groups is 1. The summed E-state index contributed by atoms with van der Waals surface area (Å²) in [5.41, 5.74) is 5.72. The van der Waals surface area contributed by atoms with Crippen LogP contribution in [0.15, 0.2) is 53.6 Å². The molecule has 0 spiro atoms. The fourth-order valence-corrected chi connectivity index (χ4v) is 1.52. The summed E-state index contributed by atoms with van der Waals surface area (Å²) in [5.74, 6) is -0.301. The van der Waals surface area contributed by atoms with Crippen molar-refractivity contribution in [3.63, 3.8) is 0 Å². The molecular weight excluding hydrogens is 258 g/mol. The second-order valence-electron chi connectivity index (χ2n) is 3.95. The van der Waals surface area contributed by atoms with Crippen molar-refractivity contribution in [3.05, 3.63) is 59.7 Å². The Kier molecular flexibility index (Phi) is 4.31. The molecule has 0 unspecified atom stereocenters. The highest BCUT2D eigenvalue weighted by Gasteiger charge is 2.03. The summed E-state index contributed by atoms with van der Waals surface area (Å²) in [7, 11) is 0. The van der Waals surface area contributed by atoms with Crippen LogP contribution in [0, 0.1) is 0 Å².